The molecule has 0 amide bonds. The zero-order valence-corrected chi connectivity index (χ0v) is 12.3. The van der Waals surface area contributed by atoms with Crippen LogP contribution in [0, 0.1) is 11.3 Å². The molecular formula is C12H23N3O2S. The van der Waals surface area contributed by atoms with Crippen molar-refractivity contribution in [1.29, 1.82) is 0 Å². The first-order valence-corrected chi connectivity index (χ1v) is 6.91. The lowest BCUT2D eigenvalue weighted by atomic mass is 9.82. The van der Waals surface area contributed by atoms with Crippen LogP contribution in [0.1, 0.15) is 27.7 Å². The highest BCUT2D eigenvalue weighted by Crippen LogP contribution is 2.24. The number of nitrogens with zero attached hydrogens (tertiary/aromatic N) is 2. The Morgan fingerprint density at radius 1 is 1.44 bits per heavy atom. The SMILES string of the molecule is CC(CNCC(O)COc1cnsn1)C(C)(C)C. The molecule has 0 spiro atoms. The van der Waals surface area contributed by atoms with Crippen LogP contribution in [0.25, 0.3) is 0 Å². The minimum Gasteiger partial charge on any atom is -0.473 e. The summed E-state index contributed by atoms with van der Waals surface area (Å²) >= 11 is 1.09. The maximum Gasteiger partial charge on any atom is 0.245 e. The number of aliphatic hydroxyl groups excluding tert-OH is 1. The van der Waals surface area contributed by atoms with Crippen molar-refractivity contribution in [2.75, 3.05) is 19.7 Å². The zero-order chi connectivity index (χ0) is 13.6. The topological polar surface area (TPSA) is 67.3 Å². The Balaban J connectivity index is 2.12. The van der Waals surface area contributed by atoms with E-state index in [2.05, 4.69) is 41.8 Å². The fourth-order valence-corrected chi connectivity index (χ4v) is 1.60. The standard InChI is InChI=1S/C12H23N3O2S/c1-9(12(2,3)4)5-13-6-10(16)8-17-11-7-14-18-15-11/h7,9-10,13,16H,5-6,8H2,1-4H3. The Morgan fingerprint density at radius 3 is 2.72 bits per heavy atom. The first-order valence-electron chi connectivity index (χ1n) is 6.18. The molecule has 0 aromatic carbocycles. The highest BCUT2D eigenvalue weighted by molar-refractivity contribution is 6.99. The summed E-state index contributed by atoms with van der Waals surface area (Å²) in [5.41, 5.74) is 0.278. The van der Waals surface area contributed by atoms with E-state index in [1.54, 1.807) is 6.20 Å². The lowest BCUT2D eigenvalue weighted by Gasteiger charge is -2.27. The third-order valence-corrected chi connectivity index (χ3v) is 3.53. The number of nitrogens with one attached hydrogen (secondary N) is 1. The second-order valence-electron chi connectivity index (χ2n) is 5.64. The van der Waals surface area contributed by atoms with Crippen LogP contribution in [0.5, 0.6) is 5.88 Å². The molecule has 1 aromatic heterocycles. The van der Waals surface area contributed by atoms with Gasteiger partial charge in [-0.05, 0) is 17.9 Å². The minimum absolute atomic E-state index is 0.238. The van der Waals surface area contributed by atoms with Crippen LogP contribution in [0.4, 0.5) is 0 Å². The van der Waals surface area contributed by atoms with Crippen molar-refractivity contribution in [3.05, 3.63) is 6.20 Å². The molecule has 0 saturated heterocycles. The normalized spacial score (nSPS) is 15.4. The monoisotopic (exact) mass is 273 g/mol. The summed E-state index contributed by atoms with van der Waals surface area (Å²) in [7, 11) is 0. The molecule has 0 aliphatic rings. The van der Waals surface area contributed by atoms with Gasteiger partial charge in [-0.3, -0.25) is 0 Å². The van der Waals surface area contributed by atoms with Gasteiger partial charge < -0.3 is 15.2 Å². The number of ether oxygens (including phenoxy) is 1. The maximum absolute atomic E-state index is 9.73. The van der Waals surface area contributed by atoms with Crippen LogP contribution in [0.3, 0.4) is 0 Å². The second-order valence-corrected chi connectivity index (χ2v) is 6.19. The smallest absolute Gasteiger partial charge is 0.245 e. The van der Waals surface area contributed by atoms with Gasteiger partial charge in [0.2, 0.25) is 5.88 Å². The Bertz CT molecular complexity index is 325. The molecule has 1 heterocycles. The van der Waals surface area contributed by atoms with Crippen molar-refractivity contribution in [1.82, 2.24) is 14.1 Å². The molecule has 2 atom stereocenters. The fraction of sp³-hybridized carbons (Fsp3) is 0.833. The van der Waals surface area contributed by atoms with Crippen LogP contribution in [0.2, 0.25) is 0 Å². The summed E-state index contributed by atoms with van der Waals surface area (Å²) in [6.45, 7) is 10.5. The van der Waals surface area contributed by atoms with Crippen LogP contribution < -0.4 is 10.1 Å². The minimum atomic E-state index is -0.529. The molecule has 0 aliphatic heterocycles. The van der Waals surface area contributed by atoms with Crippen molar-refractivity contribution in [3.63, 3.8) is 0 Å². The van der Waals surface area contributed by atoms with Gasteiger partial charge in [0.15, 0.2) is 0 Å². The molecule has 0 fully saturated rings. The first-order chi connectivity index (χ1) is 8.39. The first kappa shape index (κ1) is 15.3. The van der Waals surface area contributed by atoms with Crippen molar-refractivity contribution in [2.24, 2.45) is 11.3 Å². The van der Waals surface area contributed by atoms with Crippen molar-refractivity contribution < 1.29 is 9.84 Å². The van der Waals surface area contributed by atoms with Gasteiger partial charge in [-0.2, -0.15) is 4.37 Å². The quantitative estimate of drug-likeness (QED) is 0.789. The average Bonchev–Trinajstić information content (AvgIpc) is 2.77. The van der Waals surface area contributed by atoms with Gasteiger partial charge in [-0.1, -0.05) is 27.7 Å². The summed E-state index contributed by atoms with van der Waals surface area (Å²) in [5, 5.41) is 13.0. The number of hydrogen-bond donors (Lipinski definition) is 2. The van der Waals surface area contributed by atoms with Gasteiger partial charge in [0.25, 0.3) is 0 Å². The molecule has 104 valence electrons. The molecule has 2 N–H and O–H groups in total. The Hall–Kier alpha value is -0.720. The van der Waals surface area contributed by atoms with E-state index in [4.69, 9.17) is 4.74 Å². The van der Waals surface area contributed by atoms with E-state index in [9.17, 15) is 5.11 Å². The summed E-state index contributed by atoms with van der Waals surface area (Å²) in [5.74, 6) is 1.02. The lowest BCUT2D eigenvalue weighted by Crippen LogP contribution is -2.36. The molecule has 0 radical (unpaired) electrons. The number of aliphatic hydroxyl groups is 1. The average molecular weight is 273 g/mol. The Labute approximate surface area is 113 Å². The van der Waals surface area contributed by atoms with Gasteiger partial charge in [-0.15, -0.1) is 4.37 Å². The number of aromatic nitrogens is 2. The summed E-state index contributed by atoms with van der Waals surface area (Å²) in [6.07, 6.45) is 1.02. The van der Waals surface area contributed by atoms with Crippen molar-refractivity contribution in [2.45, 2.75) is 33.8 Å². The van der Waals surface area contributed by atoms with Crippen LogP contribution in [0.15, 0.2) is 6.20 Å². The molecule has 5 nitrogen and oxygen atoms in total. The lowest BCUT2D eigenvalue weighted by molar-refractivity contribution is 0.101. The molecule has 0 saturated carbocycles. The van der Waals surface area contributed by atoms with Crippen LogP contribution >= 0.6 is 11.7 Å². The van der Waals surface area contributed by atoms with E-state index in [0.29, 0.717) is 18.3 Å². The van der Waals surface area contributed by atoms with Crippen molar-refractivity contribution in [3.8, 4) is 5.88 Å². The van der Waals surface area contributed by atoms with Gasteiger partial charge in [0, 0.05) is 6.54 Å². The van der Waals surface area contributed by atoms with Crippen LogP contribution in [-0.2, 0) is 0 Å². The molecule has 1 rings (SSSR count). The second kappa shape index (κ2) is 7.01. The number of hydrogen-bond acceptors (Lipinski definition) is 6. The fourth-order valence-electron chi connectivity index (χ4n) is 1.23. The summed E-state index contributed by atoms with van der Waals surface area (Å²) in [4.78, 5) is 0. The molecule has 0 bridgehead atoms. The van der Waals surface area contributed by atoms with E-state index in [1.807, 2.05) is 0 Å². The van der Waals surface area contributed by atoms with Gasteiger partial charge >= 0.3 is 0 Å². The Morgan fingerprint density at radius 2 is 2.17 bits per heavy atom. The largest absolute Gasteiger partial charge is 0.473 e. The molecule has 0 aliphatic carbocycles. The summed E-state index contributed by atoms with van der Waals surface area (Å²) in [6, 6.07) is 0. The third kappa shape index (κ3) is 5.75. The molecule has 6 heteroatoms. The van der Waals surface area contributed by atoms with Gasteiger partial charge in [-0.25, -0.2) is 0 Å². The molecule has 18 heavy (non-hydrogen) atoms. The van der Waals surface area contributed by atoms with Gasteiger partial charge in [0.05, 0.1) is 11.7 Å². The zero-order valence-electron chi connectivity index (χ0n) is 11.5. The van der Waals surface area contributed by atoms with E-state index in [1.165, 1.54) is 0 Å². The van der Waals surface area contributed by atoms with Crippen LogP contribution in [-0.4, -0.2) is 39.7 Å². The molecule has 2 unspecified atom stereocenters. The third-order valence-electron chi connectivity index (χ3n) is 3.07. The predicted molar refractivity (Wildman–Crippen MR) is 72.9 cm³/mol. The maximum atomic E-state index is 9.73. The molecule has 1 aromatic rings. The Kier molecular flexibility index (Phi) is 5.98. The van der Waals surface area contributed by atoms with E-state index in [-0.39, 0.29) is 12.0 Å². The molecular weight excluding hydrogens is 250 g/mol. The van der Waals surface area contributed by atoms with Gasteiger partial charge in [0.1, 0.15) is 18.9 Å². The highest BCUT2D eigenvalue weighted by atomic mass is 32.1. The predicted octanol–water partition coefficient (Wildman–Crippen LogP) is 1.55. The summed E-state index contributed by atoms with van der Waals surface area (Å²) < 4.78 is 13.0. The van der Waals surface area contributed by atoms with E-state index >= 15 is 0 Å². The van der Waals surface area contributed by atoms with E-state index in [0.717, 1.165) is 18.3 Å². The van der Waals surface area contributed by atoms with Crippen molar-refractivity contribution >= 4 is 11.7 Å². The van der Waals surface area contributed by atoms with E-state index < -0.39 is 6.10 Å². The highest BCUT2D eigenvalue weighted by Gasteiger charge is 2.19. The number of rotatable bonds is 7.